The fraction of sp³-hybridized carbons (Fsp3) is 0.500. The van der Waals surface area contributed by atoms with Crippen molar-refractivity contribution in [1.82, 2.24) is 14.7 Å². The Bertz CT molecular complexity index is 1090. The molecule has 5 nitrogen and oxygen atoms in total. The number of nitrogens with zero attached hydrogens (tertiary/aromatic N) is 3. The first-order valence-electron chi connectivity index (χ1n) is 12.6. The van der Waals surface area contributed by atoms with Gasteiger partial charge in [0, 0.05) is 50.7 Å². The van der Waals surface area contributed by atoms with Gasteiger partial charge < -0.3 is 14.7 Å². The fourth-order valence-electron chi connectivity index (χ4n) is 5.46. The average molecular weight is 551 g/mol. The van der Waals surface area contributed by atoms with Crippen molar-refractivity contribution in [2.75, 3.05) is 33.2 Å². The molecule has 0 spiro atoms. The highest BCUT2D eigenvalue weighted by atomic mass is 35.5. The third-order valence-corrected chi connectivity index (χ3v) is 8.74. The predicted molar refractivity (Wildman–Crippen MR) is 147 cm³/mol. The number of piperidine rings is 1. The predicted octanol–water partition coefficient (Wildman–Crippen LogP) is 6.04. The molecule has 194 valence electrons. The molecule has 2 heterocycles. The van der Waals surface area contributed by atoms with Gasteiger partial charge in [-0.3, -0.25) is 9.59 Å². The van der Waals surface area contributed by atoms with E-state index in [-0.39, 0.29) is 5.91 Å². The van der Waals surface area contributed by atoms with Gasteiger partial charge in [-0.2, -0.15) is 0 Å². The Morgan fingerprint density at radius 3 is 2.33 bits per heavy atom. The van der Waals surface area contributed by atoms with Crippen molar-refractivity contribution in [3.05, 3.63) is 68.7 Å². The summed E-state index contributed by atoms with van der Waals surface area (Å²) >= 11 is 18.6. The van der Waals surface area contributed by atoms with Crippen LogP contribution in [-0.4, -0.2) is 65.8 Å². The van der Waals surface area contributed by atoms with Crippen LogP contribution in [0.4, 0.5) is 0 Å². The Kier molecular flexibility index (Phi) is 8.87. The maximum absolute atomic E-state index is 13.9. The normalized spacial score (nSPS) is 18.9. The molecule has 1 unspecified atom stereocenters. The van der Waals surface area contributed by atoms with Gasteiger partial charge >= 0.3 is 0 Å². The van der Waals surface area contributed by atoms with Crippen molar-refractivity contribution in [3.63, 3.8) is 0 Å². The molecule has 0 aromatic heterocycles. The quantitative estimate of drug-likeness (QED) is 0.402. The van der Waals surface area contributed by atoms with Crippen molar-refractivity contribution in [2.24, 2.45) is 0 Å². The van der Waals surface area contributed by atoms with E-state index in [1.54, 1.807) is 11.0 Å². The van der Waals surface area contributed by atoms with Crippen LogP contribution < -0.4 is 0 Å². The first-order valence-corrected chi connectivity index (χ1v) is 13.8. The van der Waals surface area contributed by atoms with E-state index in [0.717, 1.165) is 56.6 Å². The molecule has 4 rings (SSSR count). The lowest BCUT2D eigenvalue weighted by Gasteiger charge is -2.39. The molecule has 0 aliphatic carbocycles. The molecule has 2 aromatic carbocycles. The van der Waals surface area contributed by atoms with E-state index in [1.165, 1.54) is 0 Å². The Morgan fingerprint density at radius 1 is 1.03 bits per heavy atom. The van der Waals surface area contributed by atoms with Gasteiger partial charge in [-0.15, -0.1) is 0 Å². The van der Waals surface area contributed by atoms with E-state index in [2.05, 4.69) is 9.80 Å². The fourth-order valence-corrected chi connectivity index (χ4v) is 5.89. The average Bonchev–Trinajstić information content (AvgIpc) is 3.31. The Hall–Kier alpha value is -1.79. The van der Waals surface area contributed by atoms with Crippen molar-refractivity contribution in [1.29, 1.82) is 0 Å². The SMILES string of the molecule is CN(Cc1ccc(Cl)cc1)C(=O)C(C)(CCN1CCC(N2CCCC2=O)CC1)c1ccc(Cl)c(Cl)c1. The van der Waals surface area contributed by atoms with Crippen LogP contribution in [0.2, 0.25) is 15.1 Å². The maximum atomic E-state index is 13.9. The zero-order chi connectivity index (χ0) is 25.9. The minimum absolute atomic E-state index is 0.0355. The topological polar surface area (TPSA) is 43.9 Å². The van der Waals surface area contributed by atoms with Crippen LogP contribution in [-0.2, 0) is 21.5 Å². The molecular formula is C28H34Cl3N3O2. The minimum Gasteiger partial charge on any atom is -0.341 e. The number of benzene rings is 2. The lowest BCUT2D eigenvalue weighted by Crippen LogP contribution is -2.48. The largest absolute Gasteiger partial charge is 0.341 e. The zero-order valence-corrected chi connectivity index (χ0v) is 23.2. The summed E-state index contributed by atoms with van der Waals surface area (Å²) in [4.78, 5) is 32.3. The highest BCUT2D eigenvalue weighted by Crippen LogP contribution is 2.35. The number of halogens is 3. The highest BCUT2D eigenvalue weighted by molar-refractivity contribution is 6.42. The van der Waals surface area contributed by atoms with Gasteiger partial charge in [0.1, 0.15) is 0 Å². The minimum atomic E-state index is -0.767. The molecule has 0 N–H and O–H groups in total. The summed E-state index contributed by atoms with van der Waals surface area (Å²) in [7, 11) is 1.84. The molecule has 2 aromatic rings. The van der Waals surface area contributed by atoms with Gasteiger partial charge in [0.15, 0.2) is 0 Å². The molecule has 0 saturated carbocycles. The summed E-state index contributed by atoms with van der Waals surface area (Å²) in [6.07, 6.45) is 4.29. The van der Waals surface area contributed by atoms with Crippen LogP contribution in [0.5, 0.6) is 0 Å². The summed E-state index contributed by atoms with van der Waals surface area (Å²) in [5.74, 6) is 0.336. The summed E-state index contributed by atoms with van der Waals surface area (Å²) in [5.41, 5.74) is 1.12. The smallest absolute Gasteiger partial charge is 0.233 e. The monoisotopic (exact) mass is 549 g/mol. The third kappa shape index (κ3) is 6.19. The zero-order valence-electron chi connectivity index (χ0n) is 21.0. The van der Waals surface area contributed by atoms with E-state index in [4.69, 9.17) is 34.8 Å². The van der Waals surface area contributed by atoms with E-state index in [1.807, 2.05) is 50.4 Å². The summed E-state index contributed by atoms with van der Waals surface area (Å²) in [6.45, 7) is 6.04. The van der Waals surface area contributed by atoms with Crippen LogP contribution >= 0.6 is 34.8 Å². The summed E-state index contributed by atoms with van der Waals surface area (Å²) in [6, 6.07) is 13.4. The maximum Gasteiger partial charge on any atom is 0.233 e. The number of carbonyl (C=O) groups is 2. The molecule has 2 aliphatic rings. The van der Waals surface area contributed by atoms with Gasteiger partial charge in [0.2, 0.25) is 11.8 Å². The molecule has 2 fully saturated rings. The standard InChI is InChI=1S/C28H34Cl3N3O2/c1-28(21-7-10-24(30)25(31)18-21,27(36)32(2)19-20-5-8-22(29)9-6-20)13-17-33-15-11-23(12-16-33)34-14-3-4-26(34)35/h5-10,18,23H,3-4,11-17,19H2,1-2H3. The number of rotatable bonds is 8. The molecule has 2 amide bonds. The number of hydrogen-bond donors (Lipinski definition) is 0. The van der Waals surface area contributed by atoms with E-state index >= 15 is 0 Å². The molecule has 36 heavy (non-hydrogen) atoms. The van der Waals surface area contributed by atoms with E-state index < -0.39 is 5.41 Å². The molecule has 0 radical (unpaired) electrons. The molecule has 0 bridgehead atoms. The van der Waals surface area contributed by atoms with Gasteiger partial charge in [-0.1, -0.05) is 53.0 Å². The Morgan fingerprint density at radius 2 is 1.72 bits per heavy atom. The van der Waals surface area contributed by atoms with E-state index in [0.29, 0.717) is 46.4 Å². The number of likely N-dealkylation sites (N-methyl/N-ethyl adjacent to an activating group) is 1. The second kappa shape index (κ2) is 11.7. The molecule has 2 aliphatic heterocycles. The summed E-state index contributed by atoms with van der Waals surface area (Å²) in [5, 5.41) is 1.60. The van der Waals surface area contributed by atoms with Crippen LogP contribution in [0, 0.1) is 0 Å². The second-order valence-corrected chi connectivity index (χ2v) is 11.5. The molecule has 1 atom stereocenters. The van der Waals surface area contributed by atoms with Gasteiger partial charge in [-0.25, -0.2) is 0 Å². The van der Waals surface area contributed by atoms with Crippen molar-refractivity contribution < 1.29 is 9.59 Å². The molecule has 8 heteroatoms. The lowest BCUT2D eigenvalue weighted by molar-refractivity contribution is -0.136. The van der Waals surface area contributed by atoms with Crippen molar-refractivity contribution in [2.45, 2.75) is 57.0 Å². The second-order valence-electron chi connectivity index (χ2n) is 10.3. The van der Waals surface area contributed by atoms with Crippen LogP contribution in [0.3, 0.4) is 0 Å². The van der Waals surface area contributed by atoms with Crippen LogP contribution in [0.25, 0.3) is 0 Å². The van der Waals surface area contributed by atoms with Crippen molar-refractivity contribution in [3.8, 4) is 0 Å². The first-order chi connectivity index (χ1) is 17.2. The lowest BCUT2D eigenvalue weighted by atomic mass is 9.77. The van der Waals surface area contributed by atoms with Crippen LogP contribution in [0.15, 0.2) is 42.5 Å². The van der Waals surface area contributed by atoms with Gasteiger partial charge in [0.25, 0.3) is 0 Å². The third-order valence-electron chi connectivity index (χ3n) is 7.74. The number of likely N-dealkylation sites (tertiary alicyclic amines) is 2. The number of carbonyl (C=O) groups excluding carboxylic acids is 2. The number of hydrogen-bond acceptors (Lipinski definition) is 3. The van der Waals surface area contributed by atoms with Crippen LogP contribution in [0.1, 0.15) is 50.2 Å². The summed E-state index contributed by atoms with van der Waals surface area (Å²) < 4.78 is 0. The van der Waals surface area contributed by atoms with E-state index in [9.17, 15) is 9.59 Å². The van der Waals surface area contributed by atoms with Crippen molar-refractivity contribution >= 4 is 46.6 Å². The Balaban J connectivity index is 1.46. The number of amides is 2. The Labute approximate surface area is 229 Å². The molecular weight excluding hydrogens is 517 g/mol. The molecule has 2 saturated heterocycles. The van der Waals surface area contributed by atoms with Gasteiger partial charge in [-0.05, 0) is 74.5 Å². The highest BCUT2D eigenvalue weighted by Gasteiger charge is 2.39. The van der Waals surface area contributed by atoms with Gasteiger partial charge in [0.05, 0.1) is 15.5 Å². The first kappa shape index (κ1) is 27.3.